The molecule has 2 nitrogen and oxygen atoms in total. The molecule has 0 heterocycles. The topological polar surface area (TPSA) is 29.3 Å². The first kappa shape index (κ1) is 10.4. The summed E-state index contributed by atoms with van der Waals surface area (Å²) >= 11 is 0. The summed E-state index contributed by atoms with van der Waals surface area (Å²) in [4.78, 5) is 2.09. The number of hydrogen-bond acceptors (Lipinski definition) is 2. The van der Waals surface area contributed by atoms with E-state index in [1.807, 2.05) is 13.1 Å². The minimum atomic E-state index is -0.183. The Morgan fingerprint density at radius 1 is 1.47 bits per heavy atom. The molecule has 1 saturated carbocycles. The maximum absolute atomic E-state index is 13.0. The van der Waals surface area contributed by atoms with E-state index in [1.54, 1.807) is 12.1 Å². The minimum absolute atomic E-state index is 0.183. The largest absolute Gasteiger partial charge is 0.374 e. The van der Waals surface area contributed by atoms with Crippen LogP contribution in [-0.4, -0.2) is 20.1 Å². The molecule has 82 valence electrons. The normalized spacial score (nSPS) is 17.5. The van der Waals surface area contributed by atoms with Gasteiger partial charge in [0.05, 0.1) is 0 Å². The number of anilines is 1. The zero-order valence-electron chi connectivity index (χ0n) is 9.04. The maximum atomic E-state index is 13.0. The zero-order chi connectivity index (χ0) is 10.9. The van der Waals surface area contributed by atoms with Gasteiger partial charge < -0.3 is 10.6 Å². The lowest BCUT2D eigenvalue weighted by atomic mass is 10.1. The number of rotatable bonds is 4. The van der Waals surface area contributed by atoms with Crippen molar-refractivity contribution in [3.05, 3.63) is 30.1 Å². The Balaban J connectivity index is 2.04. The smallest absolute Gasteiger partial charge is 0.125 e. The highest BCUT2D eigenvalue weighted by molar-refractivity contribution is 5.46. The fraction of sp³-hybridized carbons (Fsp3) is 0.500. The van der Waals surface area contributed by atoms with Crippen LogP contribution in [0.4, 0.5) is 10.1 Å². The molecule has 1 aromatic rings. The van der Waals surface area contributed by atoms with E-state index in [4.69, 9.17) is 5.73 Å². The lowest BCUT2D eigenvalue weighted by Gasteiger charge is -2.24. The average Bonchev–Trinajstić information content (AvgIpc) is 2.98. The molecule has 1 aliphatic carbocycles. The minimum Gasteiger partial charge on any atom is -0.374 e. The van der Waals surface area contributed by atoms with Gasteiger partial charge in [-0.15, -0.1) is 0 Å². The molecular formula is C12H17FN2. The van der Waals surface area contributed by atoms with Crippen molar-refractivity contribution in [1.82, 2.24) is 0 Å². The third-order valence-electron chi connectivity index (χ3n) is 3.21. The molecule has 0 atom stereocenters. The zero-order valence-corrected chi connectivity index (χ0v) is 9.04. The second kappa shape index (κ2) is 3.81. The van der Waals surface area contributed by atoms with Crippen LogP contribution in [0.2, 0.25) is 0 Å². The van der Waals surface area contributed by atoms with Crippen molar-refractivity contribution < 1.29 is 4.39 Å². The van der Waals surface area contributed by atoms with Gasteiger partial charge in [-0.1, -0.05) is 6.07 Å². The molecule has 1 aliphatic rings. The molecule has 15 heavy (non-hydrogen) atoms. The lowest BCUT2D eigenvalue weighted by molar-refractivity contribution is 0.522. The first-order valence-electron chi connectivity index (χ1n) is 5.32. The maximum Gasteiger partial charge on any atom is 0.125 e. The second-order valence-electron chi connectivity index (χ2n) is 4.54. The second-order valence-corrected chi connectivity index (χ2v) is 4.54. The van der Waals surface area contributed by atoms with Crippen molar-refractivity contribution in [2.45, 2.75) is 12.8 Å². The van der Waals surface area contributed by atoms with Crippen LogP contribution in [0.3, 0.4) is 0 Å². The molecule has 0 radical (unpaired) electrons. The Morgan fingerprint density at radius 2 is 2.20 bits per heavy atom. The summed E-state index contributed by atoms with van der Waals surface area (Å²) in [7, 11) is 1.99. The first-order chi connectivity index (χ1) is 7.15. The van der Waals surface area contributed by atoms with E-state index in [-0.39, 0.29) is 5.82 Å². The molecule has 1 aromatic carbocycles. The molecule has 2 rings (SSSR count). The van der Waals surface area contributed by atoms with E-state index >= 15 is 0 Å². The Morgan fingerprint density at radius 3 is 2.73 bits per heavy atom. The molecule has 3 heteroatoms. The van der Waals surface area contributed by atoms with Gasteiger partial charge in [-0.2, -0.15) is 0 Å². The van der Waals surface area contributed by atoms with E-state index in [1.165, 1.54) is 18.9 Å². The summed E-state index contributed by atoms with van der Waals surface area (Å²) in [5.74, 6) is -0.183. The third-order valence-corrected chi connectivity index (χ3v) is 3.21. The summed E-state index contributed by atoms with van der Waals surface area (Å²) < 4.78 is 13.0. The van der Waals surface area contributed by atoms with Crippen molar-refractivity contribution in [1.29, 1.82) is 0 Å². The highest BCUT2D eigenvalue weighted by Crippen LogP contribution is 2.45. The molecule has 1 fully saturated rings. The number of nitrogens with two attached hydrogens (primary N) is 1. The van der Waals surface area contributed by atoms with Crippen LogP contribution in [0.5, 0.6) is 0 Å². The van der Waals surface area contributed by atoms with Gasteiger partial charge in [-0.3, -0.25) is 0 Å². The number of halogens is 1. The van der Waals surface area contributed by atoms with Gasteiger partial charge in [0, 0.05) is 24.7 Å². The quantitative estimate of drug-likeness (QED) is 0.820. The van der Waals surface area contributed by atoms with E-state index in [0.717, 1.165) is 18.8 Å². The molecule has 0 amide bonds. The standard InChI is InChI=1S/C12H17FN2/c1-15(9-12(8-14)5-6-12)11-4-2-3-10(13)7-11/h2-4,7H,5-6,8-9,14H2,1H3. The van der Waals surface area contributed by atoms with E-state index in [0.29, 0.717) is 5.41 Å². The molecule has 0 aliphatic heterocycles. The fourth-order valence-corrected chi connectivity index (χ4v) is 1.91. The van der Waals surface area contributed by atoms with Gasteiger partial charge in [0.2, 0.25) is 0 Å². The van der Waals surface area contributed by atoms with Gasteiger partial charge in [0.25, 0.3) is 0 Å². The van der Waals surface area contributed by atoms with Crippen molar-refractivity contribution in [3.63, 3.8) is 0 Å². The predicted octanol–water partition coefficient (Wildman–Crippen LogP) is 2.00. The van der Waals surface area contributed by atoms with E-state index in [2.05, 4.69) is 4.90 Å². The van der Waals surface area contributed by atoms with Crippen molar-refractivity contribution in [2.24, 2.45) is 11.1 Å². The summed E-state index contributed by atoms with van der Waals surface area (Å²) in [6, 6.07) is 6.69. The summed E-state index contributed by atoms with van der Waals surface area (Å²) in [6.45, 7) is 1.65. The Hall–Kier alpha value is -1.09. The molecular weight excluding hydrogens is 191 g/mol. The van der Waals surface area contributed by atoms with Crippen LogP contribution in [0.15, 0.2) is 24.3 Å². The number of nitrogens with zero attached hydrogens (tertiary/aromatic N) is 1. The SMILES string of the molecule is CN(CC1(CN)CC1)c1cccc(F)c1. The summed E-state index contributed by atoms with van der Waals surface area (Å²) in [6.07, 6.45) is 2.40. The van der Waals surface area contributed by atoms with Crippen LogP contribution in [0.1, 0.15) is 12.8 Å². The molecule has 0 bridgehead atoms. The first-order valence-corrected chi connectivity index (χ1v) is 5.32. The molecule has 0 saturated heterocycles. The summed E-state index contributed by atoms with van der Waals surface area (Å²) in [5, 5.41) is 0. The van der Waals surface area contributed by atoms with Gasteiger partial charge in [-0.05, 0) is 37.6 Å². The predicted molar refractivity (Wildman–Crippen MR) is 60.4 cm³/mol. The van der Waals surface area contributed by atoms with Crippen molar-refractivity contribution in [3.8, 4) is 0 Å². The molecule has 0 unspecified atom stereocenters. The number of benzene rings is 1. The molecule has 0 spiro atoms. The van der Waals surface area contributed by atoms with Gasteiger partial charge in [0.15, 0.2) is 0 Å². The Kier molecular flexibility index (Phi) is 2.65. The molecule has 0 aromatic heterocycles. The Bertz CT molecular complexity index is 347. The van der Waals surface area contributed by atoms with Crippen LogP contribution in [-0.2, 0) is 0 Å². The Labute approximate surface area is 89.9 Å². The molecule has 2 N–H and O–H groups in total. The average molecular weight is 208 g/mol. The lowest BCUT2D eigenvalue weighted by Crippen LogP contribution is -2.31. The van der Waals surface area contributed by atoms with Gasteiger partial charge >= 0.3 is 0 Å². The van der Waals surface area contributed by atoms with E-state index < -0.39 is 0 Å². The van der Waals surface area contributed by atoms with Gasteiger partial charge in [-0.25, -0.2) is 4.39 Å². The van der Waals surface area contributed by atoms with Gasteiger partial charge in [0.1, 0.15) is 5.82 Å². The monoisotopic (exact) mass is 208 g/mol. The van der Waals surface area contributed by atoms with Crippen LogP contribution < -0.4 is 10.6 Å². The van der Waals surface area contributed by atoms with Crippen LogP contribution in [0.25, 0.3) is 0 Å². The van der Waals surface area contributed by atoms with Crippen molar-refractivity contribution >= 4 is 5.69 Å². The van der Waals surface area contributed by atoms with Crippen LogP contribution in [0, 0.1) is 11.2 Å². The van der Waals surface area contributed by atoms with Crippen LogP contribution >= 0.6 is 0 Å². The third kappa shape index (κ3) is 2.29. The fourth-order valence-electron chi connectivity index (χ4n) is 1.91. The number of hydrogen-bond donors (Lipinski definition) is 1. The van der Waals surface area contributed by atoms with Crippen molar-refractivity contribution in [2.75, 3.05) is 25.0 Å². The summed E-state index contributed by atoms with van der Waals surface area (Å²) in [5.41, 5.74) is 6.94. The van der Waals surface area contributed by atoms with E-state index in [9.17, 15) is 4.39 Å². The highest BCUT2D eigenvalue weighted by Gasteiger charge is 2.42. The highest BCUT2D eigenvalue weighted by atomic mass is 19.1.